The average Bonchev–Trinajstić information content (AvgIpc) is 2.62. The van der Waals surface area contributed by atoms with Crippen molar-refractivity contribution in [1.29, 1.82) is 5.26 Å². The molecule has 6 nitrogen and oxygen atoms in total. The maximum Gasteiger partial charge on any atom is 0.337 e. The van der Waals surface area contributed by atoms with Crippen LogP contribution in [0.5, 0.6) is 0 Å². The third-order valence-corrected chi connectivity index (χ3v) is 3.97. The van der Waals surface area contributed by atoms with Gasteiger partial charge in [-0.25, -0.2) is 4.79 Å². The summed E-state index contributed by atoms with van der Waals surface area (Å²) in [7, 11) is 1.31. The molecule has 0 radical (unpaired) electrons. The van der Waals surface area contributed by atoms with Gasteiger partial charge in [0, 0.05) is 17.9 Å². The summed E-state index contributed by atoms with van der Waals surface area (Å²) in [5, 5.41) is 15.0. The van der Waals surface area contributed by atoms with Gasteiger partial charge in [0.1, 0.15) is 11.6 Å². The number of anilines is 1. The van der Waals surface area contributed by atoms with Crippen molar-refractivity contribution >= 4 is 17.6 Å². The molecule has 1 amide bonds. The van der Waals surface area contributed by atoms with Crippen LogP contribution in [0.25, 0.3) is 0 Å². The molecule has 6 heteroatoms. The van der Waals surface area contributed by atoms with Crippen LogP contribution in [0.15, 0.2) is 36.0 Å². The Balaban J connectivity index is 2.01. The number of rotatable bonds is 5. The number of nitrogens with zero attached hydrogens (tertiary/aromatic N) is 1. The van der Waals surface area contributed by atoms with Crippen molar-refractivity contribution < 1.29 is 14.3 Å². The second kappa shape index (κ2) is 8.73. The van der Waals surface area contributed by atoms with Gasteiger partial charge in [-0.05, 0) is 31.0 Å². The molecule has 1 fully saturated rings. The number of ether oxygens (including phenoxy) is 1. The fraction of sp³-hybridized carbons (Fsp3) is 0.389. The van der Waals surface area contributed by atoms with Crippen molar-refractivity contribution in [3.8, 4) is 6.07 Å². The Kier molecular flexibility index (Phi) is 6.38. The largest absolute Gasteiger partial charge is 0.465 e. The number of hydrogen-bond donors (Lipinski definition) is 2. The molecule has 1 aliphatic carbocycles. The normalized spacial score (nSPS) is 15.2. The number of nitrogens with one attached hydrogen (secondary N) is 2. The lowest BCUT2D eigenvalue weighted by Crippen LogP contribution is -2.37. The van der Waals surface area contributed by atoms with Gasteiger partial charge in [0.05, 0.1) is 12.7 Å². The molecule has 1 aliphatic rings. The van der Waals surface area contributed by atoms with Gasteiger partial charge in [0.25, 0.3) is 5.91 Å². The predicted molar refractivity (Wildman–Crippen MR) is 90.1 cm³/mol. The predicted octanol–water partition coefficient (Wildman–Crippen LogP) is 2.74. The Morgan fingerprint density at radius 1 is 1.29 bits per heavy atom. The molecule has 24 heavy (non-hydrogen) atoms. The summed E-state index contributed by atoms with van der Waals surface area (Å²) in [6, 6.07) is 8.69. The maximum absolute atomic E-state index is 12.2. The van der Waals surface area contributed by atoms with Crippen LogP contribution in [-0.4, -0.2) is 25.0 Å². The van der Waals surface area contributed by atoms with E-state index in [9.17, 15) is 14.9 Å². The van der Waals surface area contributed by atoms with Gasteiger partial charge < -0.3 is 15.4 Å². The summed E-state index contributed by atoms with van der Waals surface area (Å²) >= 11 is 0. The highest BCUT2D eigenvalue weighted by atomic mass is 16.5. The highest BCUT2D eigenvalue weighted by Crippen LogP contribution is 2.18. The van der Waals surface area contributed by atoms with E-state index in [1.165, 1.54) is 19.7 Å². The number of esters is 1. The quantitative estimate of drug-likeness (QED) is 0.493. The van der Waals surface area contributed by atoms with Crippen molar-refractivity contribution in [3.63, 3.8) is 0 Å². The SMILES string of the molecule is COC(=O)c1cccc(N/C=C(/C#N)C(=O)NC2CCCCC2)c1. The van der Waals surface area contributed by atoms with Crippen molar-refractivity contribution in [2.75, 3.05) is 12.4 Å². The van der Waals surface area contributed by atoms with E-state index in [2.05, 4.69) is 15.4 Å². The van der Waals surface area contributed by atoms with Crippen LogP contribution in [0.3, 0.4) is 0 Å². The Bertz CT molecular complexity index is 670. The van der Waals surface area contributed by atoms with Crippen molar-refractivity contribution in [3.05, 3.63) is 41.6 Å². The first-order valence-electron chi connectivity index (χ1n) is 8.00. The van der Waals surface area contributed by atoms with Gasteiger partial charge in [-0.3, -0.25) is 4.79 Å². The molecular weight excluding hydrogens is 306 g/mol. The van der Waals surface area contributed by atoms with E-state index in [1.54, 1.807) is 24.3 Å². The van der Waals surface area contributed by atoms with Gasteiger partial charge in [-0.2, -0.15) is 5.26 Å². The van der Waals surface area contributed by atoms with Crippen LogP contribution in [0.1, 0.15) is 42.5 Å². The van der Waals surface area contributed by atoms with Crippen LogP contribution in [0.4, 0.5) is 5.69 Å². The molecule has 2 N–H and O–H groups in total. The van der Waals surface area contributed by atoms with Crippen molar-refractivity contribution in [1.82, 2.24) is 5.32 Å². The molecule has 0 saturated heterocycles. The maximum atomic E-state index is 12.2. The average molecular weight is 327 g/mol. The minimum absolute atomic E-state index is 0.00374. The lowest BCUT2D eigenvalue weighted by molar-refractivity contribution is -0.118. The molecule has 0 atom stereocenters. The smallest absolute Gasteiger partial charge is 0.337 e. The van der Waals surface area contributed by atoms with E-state index in [0.29, 0.717) is 11.3 Å². The van der Waals surface area contributed by atoms with Crippen LogP contribution in [-0.2, 0) is 9.53 Å². The summed E-state index contributed by atoms with van der Waals surface area (Å²) in [5.41, 5.74) is 0.987. The summed E-state index contributed by atoms with van der Waals surface area (Å²) in [6.07, 6.45) is 6.68. The van der Waals surface area contributed by atoms with Crippen molar-refractivity contribution in [2.45, 2.75) is 38.1 Å². The van der Waals surface area contributed by atoms with Crippen LogP contribution >= 0.6 is 0 Å². The zero-order chi connectivity index (χ0) is 17.4. The fourth-order valence-corrected chi connectivity index (χ4v) is 2.67. The van der Waals surface area contributed by atoms with Gasteiger partial charge in [-0.1, -0.05) is 25.3 Å². The monoisotopic (exact) mass is 327 g/mol. The number of carbonyl (C=O) groups is 2. The molecule has 2 rings (SSSR count). The number of hydrogen-bond acceptors (Lipinski definition) is 5. The number of benzene rings is 1. The highest BCUT2D eigenvalue weighted by Gasteiger charge is 2.18. The zero-order valence-electron chi connectivity index (χ0n) is 13.7. The minimum Gasteiger partial charge on any atom is -0.465 e. The topological polar surface area (TPSA) is 91.2 Å². The van der Waals surface area contributed by atoms with Gasteiger partial charge in [0.2, 0.25) is 0 Å². The molecule has 0 aliphatic heterocycles. The first kappa shape index (κ1) is 17.5. The first-order valence-corrected chi connectivity index (χ1v) is 8.00. The van der Waals surface area contributed by atoms with Gasteiger partial charge >= 0.3 is 5.97 Å². The lowest BCUT2D eigenvalue weighted by Gasteiger charge is -2.22. The first-order chi connectivity index (χ1) is 11.6. The van der Waals surface area contributed by atoms with E-state index in [4.69, 9.17) is 0 Å². The Morgan fingerprint density at radius 3 is 2.71 bits per heavy atom. The molecule has 0 spiro atoms. The zero-order valence-corrected chi connectivity index (χ0v) is 13.7. The molecule has 126 valence electrons. The van der Waals surface area contributed by atoms with E-state index in [0.717, 1.165) is 25.7 Å². The molecule has 0 bridgehead atoms. The van der Waals surface area contributed by atoms with Crippen LogP contribution in [0, 0.1) is 11.3 Å². The fourth-order valence-electron chi connectivity index (χ4n) is 2.67. The Hall–Kier alpha value is -2.81. The number of carbonyl (C=O) groups excluding carboxylic acids is 2. The summed E-state index contributed by atoms with van der Waals surface area (Å²) in [6.45, 7) is 0. The van der Waals surface area contributed by atoms with Gasteiger partial charge in [-0.15, -0.1) is 0 Å². The summed E-state index contributed by atoms with van der Waals surface area (Å²) in [4.78, 5) is 23.7. The molecule has 1 aromatic rings. The number of methoxy groups -OCH3 is 1. The standard InChI is InChI=1S/C18H21N3O3/c1-24-18(23)13-6-5-9-16(10-13)20-12-14(11-19)17(22)21-15-7-3-2-4-8-15/h5-6,9-10,12,15,20H,2-4,7-8H2,1H3,(H,21,22)/b14-12-. The van der Waals surface area contributed by atoms with Crippen molar-refractivity contribution in [2.24, 2.45) is 0 Å². The number of nitriles is 1. The van der Waals surface area contributed by atoms with E-state index < -0.39 is 5.97 Å². The van der Waals surface area contributed by atoms with E-state index in [-0.39, 0.29) is 17.5 Å². The van der Waals surface area contributed by atoms with E-state index in [1.807, 2.05) is 6.07 Å². The van der Waals surface area contributed by atoms with Crippen LogP contribution < -0.4 is 10.6 Å². The third-order valence-electron chi connectivity index (χ3n) is 3.97. The summed E-state index contributed by atoms with van der Waals surface area (Å²) < 4.78 is 4.66. The molecule has 0 aromatic heterocycles. The molecule has 0 unspecified atom stereocenters. The highest BCUT2D eigenvalue weighted by molar-refractivity contribution is 5.97. The van der Waals surface area contributed by atoms with E-state index >= 15 is 0 Å². The lowest BCUT2D eigenvalue weighted by atomic mass is 9.95. The minimum atomic E-state index is -0.446. The second-order valence-corrected chi connectivity index (χ2v) is 5.69. The molecular formula is C18H21N3O3. The van der Waals surface area contributed by atoms with Crippen LogP contribution in [0.2, 0.25) is 0 Å². The second-order valence-electron chi connectivity index (χ2n) is 5.69. The Labute approximate surface area is 141 Å². The number of amides is 1. The Morgan fingerprint density at radius 2 is 2.04 bits per heavy atom. The molecule has 1 saturated carbocycles. The third kappa shape index (κ3) is 4.85. The molecule has 1 aromatic carbocycles. The molecule has 0 heterocycles. The van der Waals surface area contributed by atoms with Gasteiger partial charge in [0.15, 0.2) is 0 Å². The summed E-state index contributed by atoms with van der Waals surface area (Å²) in [5.74, 6) is -0.820.